The molecule has 0 bridgehead atoms. The van der Waals surface area contributed by atoms with E-state index in [1.165, 1.54) is 6.20 Å². The number of benzene rings is 1. The summed E-state index contributed by atoms with van der Waals surface area (Å²) >= 11 is 11.8. The highest BCUT2D eigenvalue weighted by atomic mass is 35.5. The van der Waals surface area contributed by atoms with Gasteiger partial charge in [-0.1, -0.05) is 29.3 Å². The van der Waals surface area contributed by atoms with E-state index in [1.807, 2.05) is 0 Å². The van der Waals surface area contributed by atoms with E-state index in [-0.39, 0.29) is 12.1 Å². The lowest BCUT2D eigenvalue weighted by atomic mass is 10.2. The molecular weight excluding hydrogens is 315 g/mol. The van der Waals surface area contributed by atoms with Crippen LogP contribution in [0.15, 0.2) is 41.3 Å². The Balaban J connectivity index is 1.88. The van der Waals surface area contributed by atoms with Gasteiger partial charge < -0.3 is 4.84 Å². The molecule has 21 heavy (non-hydrogen) atoms. The second-order valence-electron chi connectivity index (χ2n) is 4.15. The van der Waals surface area contributed by atoms with Crippen LogP contribution in [-0.4, -0.2) is 20.1 Å². The SMILES string of the molecule is O=c1c2ncccc2nnn1OCc1ccc(Cl)cc1Cl. The molecule has 0 fully saturated rings. The number of nitrogens with zero attached hydrogens (tertiary/aromatic N) is 4. The van der Waals surface area contributed by atoms with E-state index in [1.54, 1.807) is 30.3 Å². The lowest BCUT2D eigenvalue weighted by molar-refractivity contribution is 0.0549. The van der Waals surface area contributed by atoms with Crippen molar-refractivity contribution in [2.75, 3.05) is 0 Å². The van der Waals surface area contributed by atoms with Gasteiger partial charge in [0.25, 0.3) is 0 Å². The third kappa shape index (κ3) is 2.81. The van der Waals surface area contributed by atoms with Gasteiger partial charge in [0.1, 0.15) is 12.1 Å². The average Bonchev–Trinajstić information content (AvgIpc) is 2.48. The van der Waals surface area contributed by atoms with Crippen molar-refractivity contribution in [2.45, 2.75) is 6.61 Å². The number of fused-ring (bicyclic) bond motifs is 1. The van der Waals surface area contributed by atoms with Gasteiger partial charge in [-0.3, -0.25) is 4.79 Å². The number of halogens is 2. The van der Waals surface area contributed by atoms with E-state index in [0.717, 1.165) is 4.85 Å². The van der Waals surface area contributed by atoms with Crippen molar-refractivity contribution in [1.82, 2.24) is 20.1 Å². The molecule has 0 radical (unpaired) electrons. The van der Waals surface area contributed by atoms with Crippen LogP contribution in [0.1, 0.15) is 5.56 Å². The summed E-state index contributed by atoms with van der Waals surface area (Å²) in [6.07, 6.45) is 1.51. The first-order valence-corrected chi connectivity index (χ1v) is 6.69. The number of rotatable bonds is 3. The Hall–Kier alpha value is -2.18. The molecule has 0 saturated heterocycles. The standard InChI is InChI=1S/C13H8Cl2N4O2/c14-9-4-3-8(10(15)6-9)7-21-19-13(20)12-11(17-18-19)2-1-5-16-12/h1-6H,7H2. The van der Waals surface area contributed by atoms with Gasteiger partial charge in [0.15, 0.2) is 5.52 Å². The topological polar surface area (TPSA) is 69.9 Å². The largest absolute Gasteiger partial charge is 0.387 e. The Morgan fingerprint density at radius 3 is 2.90 bits per heavy atom. The van der Waals surface area contributed by atoms with Crippen LogP contribution in [0.25, 0.3) is 11.0 Å². The number of hydrogen-bond acceptors (Lipinski definition) is 5. The predicted molar refractivity (Wildman–Crippen MR) is 78.3 cm³/mol. The molecule has 1 aromatic carbocycles. The van der Waals surface area contributed by atoms with Crippen molar-refractivity contribution >= 4 is 34.2 Å². The highest BCUT2D eigenvalue weighted by Crippen LogP contribution is 2.20. The second kappa shape index (κ2) is 5.67. The molecule has 106 valence electrons. The van der Waals surface area contributed by atoms with Crippen LogP contribution in [0, 0.1) is 0 Å². The lowest BCUT2D eigenvalue weighted by Gasteiger charge is -2.08. The Morgan fingerprint density at radius 1 is 1.24 bits per heavy atom. The van der Waals surface area contributed by atoms with Crippen molar-refractivity contribution < 1.29 is 4.84 Å². The molecule has 3 rings (SSSR count). The minimum absolute atomic E-state index is 0.0585. The third-order valence-electron chi connectivity index (χ3n) is 2.75. The van der Waals surface area contributed by atoms with Crippen molar-refractivity contribution in [1.29, 1.82) is 0 Å². The molecule has 0 unspecified atom stereocenters. The van der Waals surface area contributed by atoms with E-state index in [4.69, 9.17) is 28.0 Å². The molecule has 0 aliphatic heterocycles. The molecule has 0 spiro atoms. The summed E-state index contributed by atoms with van der Waals surface area (Å²) in [5.41, 5.74) is 0.795. The number of hydrogen-bond donors (Lipinski definition) is 0. The first-order chi connectivity index (χ1) is 10.1. The van der Waals surface area contributed by atoms with Gasteiger partial charge in [-0.15, -0.1) is 5.10 Å². The highest BCUT2D eigenvalue weighted by molar-refractivity contribution is 6.35. The van der Waals surface area contributed by atoms with Crippen molar-refractivity contribution in [3.63, 3.8) is 0 Å². The minimum Gasteiger partial charge on any atom is -0.387 e. The van der Waals surface area contributed by atoms with Crippen LogP contribution >= 0.6 is 23.2 Å². The normalized spacial score (nSPS) is 10.8. The molecule has 0 N–H and O–H groups in total. The number of aromatic nitrogens is 4. The van der Waals surface area contributed by atoms with E-state index in [9.17, 15) is 4.79 Å². The Morgan fingerprint density at radius 2 is 2.10 bits per heavy atom. The predicted octanol–water partition coefficient (Wildman–Crippen LogP) is 2.12. The van der Waals surface area contributed by atoms with Crippen molar-refractivity contribution in [3.05, 3.63) is 62.5 Å². The Bertz CT molecular complexity index is 866. The quantitative estimate of drug-likeness (QED) is 0.738. The first kappa shape index (κ1) is 13.8. The average molecular weight is 323 g/mol. The third-order valence-corrected chi connectivity index (χ3v) is 3.34. The molecule has 0 atom stereocenters. The Labute approximate surface area is 128 Å². The van der Waals surface area contributed by atoms with Crippen LogP contribution < -0.4 is 10.4 Å². The van der Waals surface area contributed by atoms with Gasteiger partial charge in [0, 0.05) is 21.8 Å². The van der Waals surface area contributed by atoms with E-state index < -0.39 is 5.56 Å². The summed E-state index contributed by atoms with van der Waals surface area (Å²) in [5.74, 6) is 0. The molecule has 6 nitrogen and oxygen atoms in total. The van der Waals surface area contributed by atoms with E-state index >= 15 is 0 Å². The van der Waals surface area contributed by atoms with Crippen LogP contribution in [0.5, 0.6) is 0 Å². The summed E-state index contributed by atoms with van der Waals surface area (Å²) in [7, 11) is 0. The molecule has 2 aromatic heterocycles. The molecular formula is C13H8Cl2N4O2. The van der Waals surface area contributed by atoms with Crippen LogP contribution in [0.3, 0.4) is 0 Å². The van der Waals surface area contributed by atoms with Crippen molar-refractivity contribution in [3.8, 4) is 0 Å². The zero-order valence-electron chi connectivity index (χ0n) is 10.5. The maximum atomic E-state index is 12.1. The van der Waals surface area contributed by atoms with Gasteiger partial charge in [-0.2, -0.15) is 0 Å². The Kier molecular flexibility index (Phi) is 3.72. The van der Waals surface area contributed by atoms with Crippen LogP contribution in [0.4, 0.5) is 0 Å². The van der Waals surface area contributed by atoms with Gasteiger partial charge in [0.05, 0.1) is 0 Å². The van der Waals surface area contributed by atoms with Crippen molar-refractivity contribution in [2.24, 2.45) is 0 Å². The summed E-state index contributed by atoms with van der Waals surface area (Å²) in [6.45, 7) is 0.0585. The number of pyridine rings is 1. The minimum atomic E-state index is -0.481. The summed E-state index contributed by atoms with van der Waals surface area (Å²) in [6, 6.07) is 8.31. The monoisotopic (exact) mass is 322 g/mol. The molecule has 8 heteroatoms. The van der Waals surface area contributed by atoms with Crippen LogP contribution in [-0.2, 0) is 6.61 Å². The fourth-order valence-electron chi connectivity index (χ4n) is 1.72. The lowest BCUT2D eigenvalue weighted by Crippen LogP contribution is -2.30. The van der Waals surface area contributed by atoms with Gasteiger partial charge >= 0.3 is 5.56 Å². The van der Waals surface area contributed by atoms with Gasteiger partial charge in [0.2, 0.25) is 0 Å². The summed E-state index contributed by atoms with van der Waals surface area (Å²) in [4.78, 5) is 22.2. The summed E-state index contributed by atoms with van der Waals surface area (Å²) < 4.78 is 0. The van der Waals surface area contributed by atoms with E-state index in [2.05, 4.69) is 15.3 Å². The molecule has 2 heterocycles. The molecule has 3 aromatic rings. The molecule has 0 saturated carbocycles. The molecule has 0 aliphatic carbocycles. The zero-order chi connectivity index (χ0) is 14.8. The fourth-order valence-corrected chi connectivity index (χ4v) is 2.18. The summed E-state index contributed by atoms with van der Waals surface area (Å²) in [5, 5.41) is 8.52. The van der Waals surface area contributed by atoms with E-state index in [0.29, 0.717) is 21.1 Å². The van der Waals surface area contributed by atoms with Crippen LogP contribution in [0.2, 0.25) is 10.0 Å². The molecule has 0 amide bonds. The van der Waals surface area contributed by atoms with Gasteiger partial charge in [-0.05, 0) is 34.3 Å². The zero-order valence-corrected chi connectivity index (χ0v) is 12.0. The van der Waals surface area contributed by atoms with Gasteiger partial charge in [-0.25, -0.2) is 4.98 Å². The fraction of sp³-hybridized carbons (Fsp3) is 0.0769. The first-order valence-electron chi connectivity index (χ1n) is 5.93. The second-order valence-corrected chi connectivity index (χ2v) is 4.99. The smallest absolute Gasteiger partial charge is 0.332 e. The molecule has 0 aliphatic rings. The maximum Gasteiger partial charge on any atom is 0.332 e. The highest BCUT2D eigenvalue weighted by Gasteiger charge is 2.08. The maximum absolute atomic E-state index is 12.1.